The summed E-state index contributed by atoms with van der Waals surface area (Å²) in [5.41, 5.74) is 5.38. The maximum Gasteiger partial charge on any atom is 0.343 e. The van der Waals surface area contributed by atoms with E-state index in [1.165, 1.54) is 0 Å². The van der Waals surface area contributed by atoms with Crippen molar-refractivity contribution in [3.8, 4) is 11.5 Å². The van der Waals surface area contributed by atoms with Crippen molar-refractivity contribution in [3.63, 3.8) is 0 Å². The van der Waals surface area contributed by atoms with Crippen LogP contribution >= 0.6 is 0 Å². The van der Waals surface area contributed by atoms with Gasteiger partial charge in [-0.2, -0.15) is 0 Å². The first-order valence-electron chi connectivity index (χ1n) is 9.38. The maximum absolute atomic E-state index is 12.4. The normalized spacial score (nSPS) is 11.3. The number of carbonyl (C=O) groups is 1. The van der Waals surface area contributed by atoms with Crippen LogP contribution in [0.4, 0.5) is 0 Å². The van der Waals surface area contributed by atoms with Crippen LogP contribution in [0.25, 0.3) is 0 Å². The molecule has 3 rings (SSSR count). The van der Waals surface area contributed by atoms with E-state index in [0.717, 1.165) is 27.8 Å². The molecule has 0 aliphatic carbocycles. The van der Waals surface area contributed by atoms with Crippen molar-refractivity contribution in [1.29, 1.82) is 0 Å². The molecule has 3 aromatic rings. The minimum absolute atomic E-state index is 0.247. The number of hydrogen-bond donors (Lipinski definition) is 1. The molecule has 3 nitrogen and oxygen atoms in total. The zero-order valence-electron chi connectivity index (χ0n) is 17.0. The average Bonchev–Trinajstić information content (AvgIpc) is 2.65. The highest BCUT2D eigenvalue weighted by molar-refractivity contribution is 5.91. The average molecular weight is 374 g/mol. The third kappa shape index (κ3) is 3.94. The lowest BCUT2D eigenvalue weighted by Crippen LogP contribution is -2.19. The molecule has 0 unspecified atom stereocenters. The lowest BCUT2D eigenvalue weighted by molar-refractivity contribution is 0.0733. The van der Waals surface area contributed by atoms with E-state index in [2.05, 4.69) is 19.9 Å². The molecule has 0 heterocycles. The molecule has 0 fully saturated rings. The van der Waals surface area contributed by atoms with Crippen LogP contribution in [-0.4, -0.2) is 11.1 Å². The van der Waals surface area contributed by atoms with Gasteiger partial charge in [-0.05, 0) is 67.3 Å². The number of phenolic OH excluding ortho intramolecular Hbond substituents is 1. The van der Waals surface area contributed by atoms with Crippen LogP contribution < -0.4 is 4.74 Å². The van der Waals surface area contributed by atoms with Gasteiger partial charge in [0.1, 0.15) is 11.5 Å². The molecule has 0 saturated heterocycles. The summed E-state index contributed by atoms with van der Waals surface area (Å²) in [6.07, 6.45) is 0. The van der Waals surface area contributed by atoms with Gasteiger partial charge in [-0.15, -0.1) is 0 Å². The van der Waals surface area contributed by atoms with Crippen molar-refractivity contribution in [2.45, 2.75) is 40.0 Å². The van der Waals surface area contributed by atoms with Crippen molar-refractivity contribution in [2.75, 3.05) is 0 Å². The van der Waals surface area contributed by atoms with E-state index in [-0.39, 0.29) is 11.4 Å². The molecular formula is C25H26O3. The van der Waals surface area contributed by atoms with Gasteiger partial charge in [-0.1, -0.05) is 55.8 Å². The third-order valence-electron chi connectivity index (χ3n) is 5.31. The molecule has 0 aliphatic heterocycles. The molecule has 3 heteroatoms. The Morgan fingerprint density at radius 2 is 1.39 bits per heavy atom. The minimum atomic E-state index is -0.357. The van der Waals surface area contributed by atoms with Crippen molar-refractivity contribution < 1.29 is 14.6 Å². The number of ether oxygens (including phenoxy) is 1. The third-order valence-corrected chi connectivity index (χ3v) is 5.31. The highest BCUT2D eigenvalue weighted by Crippen LogP contribution is 2.35. The summed E-state index contributed by atoms with van der Waals surface area (Å²) in [5, 5.41) is 9.81. The predicted molar refractivity (Wildman–Crippen MR) is 112 cm³/mol. The summed E-state index contributed by atoms with van der Waals surface area (Å²) in [7, 11) is 0. The number of benzene rings is 3. The highest BCUT2D eigenvalue weighted by Gasteiger charge is 2.24. The van der Waals surface area contributed by atoms with Crippen LogP contribution in [-0.2, 0) is 5.41 Å². The maximum atomic E-state index is 12.4. The number of aromatic hydroxyl groups is 1. The summed E-state index contributed by atoms with van der Waals surface area (Å²) in [6, 6.07) is 18.9. The van der Waals surface area contributed by atoms with Crippen LogP contribution in [0.5, 0.6) is 11.5 Å². The van der Waals surface area contributed by atoms with Gasteiger partial charge in [-0.25, -0.2) is 4.79 Å². The van der Waals surface area contributed by atoms with Gasteiger partial charge in [-0.3, -0.25) is 0 Å². The Morgan fingerprint density at radius 1 is 0.821 bits per heavy atom. The first-order valence-corrected chi connectivity index (χ1v) is 9.38. The molecule has 0 aromatic heterocycles. The molecule has 0 radical (unpaired) electrons. The highest BCUT2D eigenvalue weighted by atomic mass is 16.5. The number of phenols is 1. The number of carbonyl (C=O) groups excluding carboxylic acids is 1. The van der Waals surface area contributed by atoms with Crippen molar-refractivity contribution >= 4 is 5.97 Å². The van der Waals surface area contributed by atoms with E-state index in [9.17, 15) is 9.90 Å². The Bertz CT molecular complexity index is 1010. The first kappa shape index (κ1) is 19.7. The molecule has 0 atom stereocenters. The van der Waals surface area contributed by atoms with Gasteiger partial charge >= 0.3 is 5.97 Å². The summed E-state index contributed by atoms with van der Waals surface area (Å²) in [6.45, 7) is 10.1. The Morgan fingerprint density at radius 3 is 1.96 bits per heavy atom. The van der Waals surface area contributed by atoms with E-state index in [0.29, 0.717) is 17.1 Å². The molecule has 3 aromatic carbocycles. The predicted octanol–water partition coefficient (Wildman–Crippen LogP) is 5.86. The van der Waals surface area contributed by atoms with E-state index >= 15 is 0 Å². The number of esters is 1. The Kier molecular flexibility index (Phi) is 5.28. The lowest BCUT2D eigenvalue weighted by atomic mass is 9.77. The molecule has 144 valence electrons. The second-order valence-corrected chi connectivity index (χ2v) is 7.86. The van der Waals surface area contributed by atoms with Gasteiger partial charge in [0, 0.05) is 5.41 Å². The molecule has 0 saturated carbocycles. The first-order chi connectivity index (χ1) is 13.2. The summed E-state index contributed by atoms with van der Waals surface area (Å²) >= 11 is 0. The lowest BCUT2D eigenvalue weighted by Gasteiger charge is -2.27. The number of aryl methyl sites for hydroxylation is 3. The number of rotatable bonds is 4. The van der Waals surface area contributed by atoms with E-state index in [1.54, 1.807) is 18.2 Å². The molecule has 0 bridgehead atoms. The summed E-state index contributed by atoms with van der Waals surface area (Å²) in [4.78, 5) is 12.4. The quantitative estimate of drug-likeness (QED) is 0.459. The topological polar surface area (TPSA) is 46.5 Å². The standard InChI is InChI=1S/C25H26O3/c1-16-6-8-19(9-7-16)24(27)28-23-13-11-21(15-18(23)3)25(4,5)20-10-12-22(26)17(2)14-20/h6-15,26H,1-5H3. The van der Waals surface area contributed by atoms with E-state index in [1.807, 2.05) is 57.2 Å². The van der Waals surface area contributed by atoms with Crippen LogP contribution in [0.15, 0.2) is 60.7 Å². The molecule has 1 N–H and O–H groups in total. The molecule has 0 amide bonds. The molecule has 0 aliphatic rings. The zero-order valence-corrected chi connectivity index (χ0v) is 17.0. The fourth-order valence-electron chi connectivity index (χ4n) is 3.21. The second kappa shape index (κ2) is 7.51. The van der Waals surface area contributed by atoms with Gasteiger partial charge < -0.3 is 9.84 Å². The SMILES string of the molecule is Cc1ccc(C(=O)Oc2ccc(C(C)(C)c3ccc(O)c(C)c3)cc2C)cc1. The minimum Gasteiger partial charge on any atom is -0.508 e. The van der Waals surface area contributed by atoms with Crippen LogP contribution in [0.3, 0.4) is 0 Å². The zero-order chi connectivity index (χ0) is 20.5. The molecular weight excluding hydrogens is 348 g/mol. The van der Waals surface area contributed by atoms with Gasteiger partial charge in [0.15, 0.2) is 0 Å². The van der Waals surface area contributed by atoms with Gasteiger partial charge in [0.25, 0.3) is 0 Å². The van der Waals surface area contributed by atoms with Crippen molar-refractivity contribution in [3.05, 3.63) is 94.0 Å². The fourth-order valence-corrected chi connectivity index (χ4v) is 3.21. The van der Waals surface area contributed by atoms with Crippen LogP contribution in [0.1, 0.15) is 52.0 Å². The monoisotopic (exact) mass is 374 g/mol. The van der Waals surface area contributed by atoms with E-state index < -0.39 is 0 Å². The van der Waals surface area contributed by atoms with Crippen LogP contribution in [0, 0.1) is 20.8 Å². The largest absolute Gasteiger partial charge is 0.508 e. The molecule has 0 spiro atoms. The Labute approximate surface area is 166 Å². The van der Waals surface area contributed by atoms with Crippen molar-refractivity contribution in [2.24, 2.45) is 0 Å². The van der Waals surface area contributed by atoms with Crippen LogP contribution in [0.2, 0.25) is 0 Å². The Hall–Kier alpha value is -3.07. The van der Waals surface area contributed by atoms with Gasteiger partial charge in [0.2, 0.25) is 0 Å². The summed E-state index contributed by atoms with van der Waals surface area (Å²) < 4.78 is 5.61. The smallest absolute Gasteiger partial charge is 0.343 e. The molecule has 28 heavy (non-hydrogen) atoms. The summed E-state index contributed by atoms with van der Waals surface area (Å²) in [5.74, 6) is 0.505. The Balaban J connectivity index is 1.86. The van der Waals surface area contributed by atoms with Crippen molar-refractivity contribution in [1.82, 2.24) is 0 Å². The second-order valence-electron chi connectivity index (χ2n) is 7.86. The van der Waals surface area contributed by atoms with Gasteiger partial charge in [0.05, 0.1) is 5.56 Å². The fraction of sp³-hybridized carbons (Fsp3) is 0.240. The number of hydrogen-bond acceptors (Lipinski definition) is 3. The van der Waals surface area contributed by atoms with E-state index in [4.69, 9.17) is 4.74 Å².